The van der Waals surface area contributed by atoms with E-state index in [0.29, 0.717) is 40.0 Å². The summed E-state index contributed by atoms with van der Waals surface area (Å²) in [7, 11) is 3.10. The second-order valence-corrected chi connectivity index (χ2v) is 9.77. The summed E-state index contributed by atoms with van der Waals surface area (Å²) in [6.07, 6.45) is 7.72. The molecule has 180 valence electrons. The molecule has 1 aliphatic carbocycles. The Bertz CT molecular complexity index is 1080. The molecule has 1 aliphatic rings. The standard InChI is InChI=1S/C25H35N3O4S/c1-16(2)17(3)26-23(29)15-33-25-27-20-14-22(32-5)21(31-4)13-19(20)24(30)28(25)12-11-18-9-7-6-8-10-18/h9,13-14,16-17H,6-8,10-12,15H2,1-5H3,(H,26,29). The van der Waals surface area contributed by atoms with Gasteiger partial charge in [0.05, 0.1) is 30.9 Å². The highest BCUT2D eigenvalue weighted by Crippen LogP contribution is 2.31. The van der Waals surface area contributed by atoms with Gasteiger partial charge in [-0.25, -0.2) is 4.98 Å². The van der Waals surface area contributed by atoms with Crippen LogP contribution in [0.4, 0.5) is 0 Å². The van der Waals surface area contributed by atoms with E-state index >= 15 is 0 Å². The van der Waals surface area contributed by atoms with Crippen LogP contribution in [0.5, 0.6) is 11.5 Å². The van der Waals surface area contributed by atoms with E-state index in [9.17, 15) is 9.59 Å². The summed E-state index contributed by atoms with van der Waals surface area (Å²) in [6, 6.07) is 3.49. The van der Waals surface area contributed by atoms with Gasteiger partial charge in [-0.3, -0.25) is 14.2 Å². The van der Waals surface area contributed by atoms with E-state index in [1.807, 2.05) is 6.92 Å². The summed E-state index contributed by atoms with van der Waals surface area (Å²) < 4.78 is 12.5. The van der Waals surface area contributed by atoms with Crippen molar-refractivity contribution >= 4 is 28.6 Å². The summed E-state index contributed by atoms with van der Waals surface area (Å²) >= 11 is 1.30. The molecule has 0 aliphatic heterocycles. The number of ether oxygens (including phenoxy) is 2. The van der Waals surface area contributed by atoms with Gasteiger partial charge in [0, 0.05) is 18.7 Å². The van der Waals surface area contributed by atoms with Crippen LogP contribution in [0.15, 0.2) is 33.7 Å². The fourth-order valence-corrected chi connectivity index (χ4v) is 4.65. The molecule has 0 saturated heterocycles. The Morgan fingerprint density at radius 3 is 2.55 bits per heavy atom. The molecule has 3 rings (SSSR count). The van der Waals surface area contributed by atoms with Crippen LogP contribution in [-0.4, -0.2) is 41.5 Å². The lowest BCUT2D eigenvalue weighted by molar-refractivity contribution is -0.119. The smallest absolute Gasteiger partial charge is 0.262 e. The third kappa shape index (κ3) is 6.31. The number of benzene rings is 1. The van der Waals surface area contributed by atoms with Gasteiger partial charge < -0.3 is 14.8 Å². The van der Waals surface area contributed by atoms with E-state index < -0.39 is 0 Å². The Morgan fingerprint density at radius 1 is 1.18 bits per heavy atom. The van der Waals surface area contributed by atoms with Crippen LogP contribution in [-0.2, 0) is 11.3 Å². The Kier molecular flexibility index (Phi) is 8.83. The highest BCUT2D eigenvalue weighted by Gasteiger charge is 2.18. The third-order valence-corrected chi connectivity index (χ3v) is 7.16. The summed E-state index contributed by atoms with van der Waals surface area (Å²) in [5.74, 6) is 1.49. The van der Waals surface area contributed by atoms with Crippen LogP contribution in [0.25, 0.3) is 10.9 Å². The van der Waals surface area contributed by atoms with Gasteiger partial charge in [0.15, 0.2) is 16.7 Å². The highest BCUT2D eigenvalue weighted by atomic mass is 32.2. The fourth-order valence-electron chi connectivity index (χ4n) is 3.81. The number of carbonyl (C=O) groups excluding carboxylic acids is 1. The molecule has 8 heteroatoms. The van der Waals surface area contributed by atoms with Crippen molar-refractivity contribution in [2.45, 2.75) is 70.6 Å². The predicted octanol–water partition coefficient (Wildman–Crippen LogP) is 4.56. The Morgan fingerprint density at radius 2 is 1.91 bits per heavy atom. The van der Waals surface area contributed by atoms with Crippen molar-refractivity contribution in [2.75, 3.05) is 20.0 Å². The number of amides is 1. The normalized spacial score (nSPS) is 14.8. The van der Waals surface area contributed by atoms with Crippen LogP contribution < -0.4 is 20.3 Å². The van der Waals surface area contributed by atoms with Crippen LogP contribution in [0.2, 0.25) is 0 Å². The molecule has 7 nitrogen and oxygen atoms in total. The van der Waals surface area contributed by atoms with Gasteiger partial charge in [0.1, 0.15) is 0 Å². The van der Waals surface area contributed by atoms with Gasteiger partial charge in [-0.1, -0.05) is 37.3 Å². The third-order valence-electron chi connectivity index (χ3n) is 6.19. The molecule has 0 fully saturated rings. The number of hydrogen-bond acceptors (Lipinski definition) is 6. The number of aromatic nitrogens is 2. The number of rotatable bonds is 10. The number of fused-ring (bicyclic) bond motifs is 1. The zero-order valence-electron chi connectivity index (χ0n) is 20.3. The van der Waals surface area contributed by atoms with E-state index in [-0.39, 0.29) is 23.3 Å². The van der Waals surface area contributed by atoms with Gasteiger partial charge >= 0.3 is 0 Å². The topological polar surface area (TPSA) is 82.5 Å². The van der Waals surface area contributed by atoms with Crippen LogP contribution >= 0.6 is 11.8 Å². The van der Waals surface area contributed by atoms with Crippen molar-refractivity contribution in [2.24, 2.45) is 5.92 Å². The first-order chi connectivity index (χ1) is 15.8. The van der Waals surface area contributed by atoms with Crippen LogP contribution in [0.3, 0.4) is 0 Å². The Balaban J connectivity index is 1.94. The number of hydrogen-bond donors (Lipinski definition) is 1. The van der Waals surface area contributed by atoms with E-state index in [1.54, 1.807) is 30.9 Å². The number of methoxy groups -OCH3 is 2. The van der Waals surface area contributed by atoms with E-state index in [0.717, 1.165) is 19.3 Å². The molecule has 1 N–H and O–H groups in total. The Hall–Kier alpha value is -2.48. The largest absolute Gasteiger partial charge is 0.493 e. The summed E-state index contributed by atoms with van der Waals surface area (Å²) in [4.78, 5) is 30.7. The molecule has 1 unspecified atom stereocenters. The molecule has 0 bridgehead atoms. The van der Waals surface area contributed by atoms with Gasteiger partial charge in [-0.2, -0.15) is 0 Å². The monoisotopic (exact) mass is 473 g/mol. The minimum atomic E-state index is -0.129. The molecule has 1 aromatic heterocycles. The molecule has 1 amide bonds. The Labute approximate surface area is 199 Å². The number of allylic oxidation sites excluding steroid dienone is 2. The lowest BCUT2D eigenvalue weighted by Crippen LogP contribution is -2.37. The lowest BCUT2D eigenvalue weighted by Gasteiger charge is -2.18. The molecular formula is C25H35N3O4S. The van der Waals surface area contributed by atoms with Crippen molar-refractivity contribution in [3.05, 3.63) is 34.1 Å². The quantitative estimate of drug-likeness (QED) is 0.310. The first-order valence-electron chi connectivity index (χ1n) is 11.6. The summed E-state index contributed by atoms with van der Waals surface area (Å²) in [5.41, 5.74) is 1.79. The number of thioether (sulfide) groups is 1. The van der Waals surface area contributed by atoms with E-state index in [4.69, 9.17) is 14.5 Å². The number of nitrogens with zero attached hydrogens (tertiary/aromatic N) is 2. The second kappa shape index (κ2) is 11.6. The molecule has 0 saturated carbocycles. The maximum Gasteiger partial charge on any atom is 0.262 e. The van der Waals surface area contributed by atoms with Crippen molar-refractivity contribution < 1.29 is 14.3 Å². The molecular weight excluding hydrogens is 438 g/mol. The molecule has 1 aromatic carbocycles. The average molecular weight is 474 g/mol. The zero-order valence-corrected chi connectivity index (χ0v) is 21.1. The van der Waals surface area contributed by atoms with Crippen LogP contribution in [0, 0.1) is 5.92 Å². The molecule has 33 heavy (non-hydrogen) atoms. The van der Waals surface area contributed by atoms with Crippen molar-refractivity contribution in [1.29, 1.82) is 0 Å². The first-order valence-corrected chi connectivity index (χ1v) is 12.6. The lowest BCUT2D eigenvalue weighted by atomic mass is 9.97. The summed E-state index contributed by atoms with van der Waals surface area (Å²) in [5, 5.41) is 4.04. The molecule has 0 radical (unpaired) electrons. The number of nitrogens with one attached hydrogen (secondary N) is 1. The van der Waals surface area contributed by atoms with Gasteiger partial charge in [0.25, 0.3) is 5.56 Å². The van der Waals surface area contributed by atoms with Crippen molar-refractivity contribution in [3.63, 3.8) is 0 Å². The predicted molar refractivity (Wildman–Crippen MR) is 133 cm³/mol. The molecule has 1 atom stereocenters. The van der Waals surface area contributed by atoms with Crippen molar-refractivity contribution in [1.82, 2.24) is 14.9 Å². The highest BCUT2D eigenvalue weighted by molar-refractivity contribution is 7.99. The first kappa shape index (κ1) is 25.1. The fraction of sp³-hybridized carbons (Fsp3) is 0.560. The maximum absolute atomic E-state index is 13.5. The summed E-state index contributed by atoms with van der Waals surface area (Å²) in [6.45, 7) is 6.67. The minimum Gasteiger partial charge on any atom is -0.493 e. The van der Waals surface area contributed by atoms with Crippen LogP contribution in [0.1, 0.15) is 52.9 Å². The second-order valence-electron chi connectivity index (χ2n) is 8.82. The SMILES string of the molecule is COc1cc2nc(SCC(=O)NC(C)C(C)C)n(CCC3=CCCCC3)c(=O)c2cc1OC. The van der Waals surface area contributed by atoms with E-state index in [2.05, 4.69) is 25.2 Å². The zero-order chi connectivity index (χ0) is 24.0. The van der Waals surface area contributed by atoms with E-state index in [1.165, 1.54) is 30.2 Å². The molecule has 1 heterocycles. The van der Waals surface area contributed by atoms with Gasteiger partial charge in [0.2, 0.25) is 5.91 Å². The number of carbonyl (C=O) groups is 1. The molecule has 2 aromatic rings. The van der Waals surface area contributed by atoms with Crippen molar-refractivity contribution in [3.8, 4) is 11.5 Å². The van der Waals surface area contributed by atoms with Gasteiger partial charge in [-0.05, 0) is 51.0 Å². The van der Waals surface area contributed by atoms with Gasteiger partial charge in [-0.15, -0.1) is 0 Å². The molecule has 0 spiro atoms. The maximum atomic E-state index is 13.5. The minimum absolute atomic E-state index is 0.0654. The average Bonchev–Trinajstić information content (AvgIpc) is 2.82.